The molecule has 0 radical (unpaired) electrons. The molecule has 2 N–H and O–H groups in total. The summed E-state index contributed by atoms with van der Waals surface area (Å²) in [5.74, 6) is -0.769. The van der Waals surface area contributed by atoms with Gasteiger partial charge in [-0.25, -0.2) is 28.4 Å². The number of ether oxygens (including phenoxy) is 1. The predicted octanol–water partition coefficient (Wildman–Crippen LogP) is 5.73. The van der Waals surface area contributed by atoms with Crippen LogP contribution in [0.5, 0.6) is 5.75 Å². The maximum absolute atomic E-state index is 15.0. The third-order valence-corrected chi connectivity index (χ3v) is 6.96. The molecule has 0 fully saturated rings. The number of hydrogen-bond donors (Lipinski definition) is 1. The maximum atomic E-state index is 15.0. The Labute approximate surface area is 239 Å². The Kier molecular flexibility index (Phi) is 6.64. The Hall–Kier alpha value is -5.19. The average Bonchev–Trinajstić information content (AvgIpc) is 3.35. The van der Waals surface area contributed by atoms with Crippen molar-refractivity contribution in [2.75, 3.05) is 5.73 Å². The summed E-state index contributed by atoms with van der Waals surface area (Å²) in [6.45, 7) is 7.31. The molecule has 1 atom stereocenters. The summed E-state index contributed by atoms with van der Waals surface area (Å²) in [7, 11) is 0. The lowest BCUT2D eigenvalue weighted by Gasteiger charge is -2.18. The Balaban J connectivity index is 1.59. The smallest absolute Gasteiger partial charge is 0.266 e. The van der Waals surface area contributed by atoms with Crippen molar-refractivity contribution in [1.82, 2.24) is 29.1 Å². The maximum Gasteiger partial charge on any atom is 0.266 e. The monoisotopic (exact) mass is 567 g/mol. The van der Waals surface area contributed by atoms with Crippen molar-refractivity contribution in [2.24, 2.45) is 0 Å². The Morgan fingerprint density at radius 1 is 0.976 bits per heavy atom. The molecule has 0 saturated carbocycles. The first-order valence-corrected chi connectivity index (χ1v) is 13.4. The highest BCUT2D eigenvalue weighted by atomic mass is 19.1. The fraction of sp³-hybridized carbons (Fsp3) is 0.194. The predicted molar refractivity (Wildman–Crippen MR) is 156 cm³/mol. The highest BCUT2D eigenvalue weighted by Crippen LogP contribution is 2.36. The number of fused-ring (bicyclic) bond motifs is 2. The van der Waals surface area contributed by atoms with Crippen LogP contribution in [-0.4, -0.2) is 35.2 Å². The summed E-state index contributed by atoms with van der Waals surface area (Å²) < 4.78 is 38.0. The molecule has 4 heterocycles. The zero-order valence-electron chi connectivity index (χ0n) is 23.3. The van der Waals surface area contributed by atoms with Crippen LogP contribution in [0, 0.1) is 18.6 Å². The number of aryl methyl sites for hydroxylation is 1. The molecule has 6 aromatic rings. The van der Waals surface area contributed by atoms with Crippen molar-refractivity contribution in [3.63, 3.8) is 0 Å². The van der Waals surface area contributed by atoms with Crippen molar-refractivity contribution in [3.05, 3.63) is 100 Å². The molecule has 9 nitrogen and oxygen atoms in total. The number of anilines is 1. The van der Waals surface area contributed by atoms with Crippen LogP contribution in [0.4, 0.5) is 14.6 Å². The topological polar surface area (TPSA) is 113 Å². The quantitative estimate of drug-likeness (QED) is 0.273. The fourth-order valence-electron chi connectivity index (χ4n) is 5.06. The molecule has 11 heteroatoms. The van der Waals surface area contributed by atoms with Crippen LogP contribution in [0.15, 0.2) is 71.9 Å². The summed E-state index contributed by atoms with van der Waals surface area (Å²) in [4.78, 5) is 27.4. The third-order valence-electron chi connectivity index (χ3n) is 6.96. The van der Waals surface area contributed by atoms with Gasteiger partial charge >= 0.3 is 0 Å². The number of nitrogen functional groups attached to an aromatic ring is 1. The van der Waals surface area contributed by atoms with Gasteiger partial charge in [0.25, 0.3) is 5.56 Å². The van der Waals surface area contributed by atoms with Crippen LogP contribution >= 0.6 is 0 Å². The number of nitrogens with two attached hydrogens (primary N) is 1. The number of aromatic nitrogens is 6. The Morgan fingerprint density at radius 2 is 1.79 bits per heavy atom. The number of rotatable bonds is 6. The molecule has 0 aliphatic rings. The van der Waals surface area contributed by atoms with E-state index in [2.05, 4.69) is 9.97 Å². The largest absolute Gasteiger partial charge is 0.488 e. The van der Waals surface area contributed by atoms with E-state index in [0.29, 0.717) is 39.2 Å². The number of nitrogens with zero attached hydrogens (tertiary/aromatic N) is 6. The lowest BCUT2D eigenvalue weighted by Crippen LogP contribution is -2.23. The SMILES string of the molecule is Cc1ccc2nc([C@H](C)n3nc(-c4ccc(OC(C)C)c(F)c4)c4c(N)ncnc43)c(-c3cccc(F)c3)c(=O)n2c1. The van der Waals surface area contributed by atoms with Crippen molar-refractivity contribution in [1.29, 1.82) is 0 Å². The highest BCUT2D eigenvalue weighted by Gasteiger charge is 2.26. The van der Waals surface area contributed by atoms with E-state index in [4.69, 9.17) is 20.6 Å². The zero-order valence-corrected chi connectivity index (χ0v) is 23.3. The molecule has 2 aromatic carbocycles. The van der Waals surface area contributed by atoms with Crippen molar-refractivity contribution in [3.8, 4) is 28.1 Å². The molecule has 0 bridgehead atoms. The molecule has 0 aliphatic carbocycles. The molecule has 42 heavy (non-hydrogen) atoms. The van der Waals surface area contributed by atoms with Crippen LogP contribution in [0.1, 0.15) is 38.1 Å². The fourth-order valence-corrected chi connectivity index (χ4v) is 5.06. The molecule has 0 spiro atoms. The molecule has 0 saturated heterocycles. The molecular weight excluding hydrogens is 540 g/mol. The van der Waals surface area contributed by atoms with Crippen LogP contribution in [0.25, 0.3) is 39.1 Å². The van der Waals surface area contributed by atoms with Gasteiger partial charge in [0.2, 0.25) is 0 Å². The summed E-state index contributed by atoms with van der Waals surface area (Å²) >= 11 is 0. The van der Waals surface area contributed by atoms with E-state index in [9.17, 15) is 9.18 Å². The van der Waals surface area contributed by atoms with Gasteiger partial charge in [0.05, 0.1) is 28.8 Å². The first kappa shape index (κ1) is 27.0. The van der Waals surface area contributed by atoms with E-state index < -0.39 is 17.7 Å². The molecule has 6 rings (SSSR count). The van der Waals surface area contributed by atoms with Gasteiger partial charge in [0, 0.05) is 11.8 Å². The zero-order chi connectivity index (χ0) is 29.7. The normalized spacial score (nSPS) is 12.4. The Morgan fingerprint density at radius 3 is 2.52 bits per heavy atom. The number of halogens is 2. The van der Waals surface area contributed by atoms with Gasteiger partial charge in [0.1, 0.15) is 29.3 Å². The molecular formula is C31H27F2N7O2. The lowest BCUT2D eigenvalue weighted by atomic mass is 10.0. The van der Waals surface area contributed by atoms with Gasteiger partial charge in [-0.05, 0) is 75.2 Å². The minimum Gasteiger partial charge on any atom is -0.488 e. The second-order valence-electron chi connectivity index (χ2n) is 10.4. The Bertz CT molecular complexity index is 2050. The van der Waals surface area contributed by atoms with Gasteiger partial charge in [0.15, 0.2) is 17.2 Å². The van der Waals surface area contributed by atoms with E-state index in [1.165, 1.54) is 35.0 Å². The molecule has 212 valence electrons. The summed E-state index contributed by atoms with van der Waals surface area (Å²) in [6.07, 6.45) is 2.80. The summed E-state index contributed by atoms with van der Waals surface area (Å²) in [6, 6.07) is 13.3. The van der Waals surface area contributed by atoms with Crippen molar-refractivity contribution in [2.45, 2.75) is 39.8 Å². The second-order valence-corrected chi connectivity index (χ2v) is 10.4. The minimum absolute atomic E-state index is 0.117. The highest BCUT2D eigenvalue weighted by molar-refractivity contribution is 5.98. The molecule has 4 aromatic heterocycles. The minimum atomic E-state index is -0.679. The van der Waals surface area contributed by atoms with Crippen molar-refractivity contribution >= 4 is 22.5 Å². The number of benzene rings is 2. The van der Waals surface area contributed by atoms with Gasteiger partial charge in [-0.2, -0.15) is 5.10 Å². The van der Waals surface area contributed by atoms with Crippen LogP contribution in [0.2, 0.25) is 0 Å². The van der Waals surface area contributed by atoms with E-state index in [1.54, 1.807) is 35.1 Å². The van der Waals surface area contributed by atoms with Crippen LogP contribution in [-0.2, 0) is 0 Å². The first-order chi connectivity index (χ1) is 20.1. The molecule has 0 amide bonds. The van der Waals surface area contributed by atoms with Gasteiger partial charge in [-0.15, -0.1) is 0 Å². The van der Waals surface area contributed by atoms with Gasteiger partial charge in [-0.1, -0.05) is 18.2 Å². The number of hydrogen-bond acceptors (Lipinski definition) is 7. The standard InChI is InChI=1S/C31H27F2N7O2/c1-16(2)42-23-10-9-20(13-22(23)33)28-26-29(34)35-15-36-30(26)40(38-28)18(4)27-25(19-6-5-7-21(32)12-19)31(41)39-14-17(3)8-11-24(39)37-27/h5-16,18H,1-4H3,(H2,34,35,36)/t18-/m0/s1. The van der Waals surface area contributed by atoms with E-state index in [0.717, 1.165) is 5.56 Å². The van der Waals surface area contributed by atoms with E-state index in [1.807, 2.05) is 33.8 Å². The number of pyridine rings is 1. The van der Waals surface area contributed by atoms with Gasteiger partial charge < -0.3 is 10.5 Å². The van der Waals surface area contributed by atoms with E-state index in [-0.39, 0.29) is 28.8 Å². The molecule has 0 aliphatic heterocycles. The first-order valence-electron chi connectivity index (χ1n) is 13.4. The van der Waals surface area contributed by atoms with Crippen LogP contribution in [0.3, 0.4) is 0 Å². The average molecular weight is 568 g/mol. The summed E-state index contributed by atoms with van der Waals surface area (Å²) in [5, 5.41) is 5.23. The van der Waals surface area contributed by atoms with Gasteiger partial charge in [-0.3, -0.25) is 9.20 Å². The summed E-state index contributed by atoms with van der Waals surface area (Å²) in [5.41, 5.74) is 9.33. The van der Waals surface area contributed by atoms with E-state index >= 15 is 4.39 Å². The van der Waals surface area contributed by atoms with Crippen LogP contribution < -0.4 is 16.0 Å². The third kappa shape index (κ3) is 4.62. The van der Waals surface area contributed by atoms with Crippen molar-refractivity contribution < 1.29 is 13.5 Å². The second kappa shape index (κ2) is 10.3. The molecule has 0 unspecified atom stereocenters. The lowest BCUT2D eigenvalue weighted by molar-refractivity contribution is 0.231.